The van der Waals surface area contributed by atoms with Crippen LogP contribution < -0.4 is 5.32 Å². The van der Waals surface area contributed by atoms with Gasteiger partial charge in [-0.15, -0.1) is 11.3 Å². The maximum atomic E-state index is 10.1. The number of aliphatic hydroxyl groups is 1. The molecule has 3 nitrogen and oxygen atoms in total. The molecule has 0 amide bonds. The number of thiophene rings is 1. The highest BCUT2D eigenvalue weighted by Crippen LogP contribution is 2.26. The molecule has 1 saturated carbocycles. The van der Waals surface area contributed by atoms with E-state index in [1.165, 1.54) is 22.6 Å². The largest absolute Gasteiger partial charge is 0.389 e. The van der Waals surface area contributed by atoms with E-state index in [1.807, 2.05) is 11.3 Å². The van der Waals surface area contributed by atoms with E-state index in [9.17, 15) is 5.11 Å². The molecule has 1 fully saturated rings. The minimum atomic E-state index is -0.425. The highest BCUT2D eigenvalue weighted by atomic mass is 32.1. The third kappa shape index (κ3) is 5.70. The molecular formula is C17H29NO2S. The molecule has 120 valence electrons. The van der Waals surface area contributed by atoms with E-state index >= 15 is 0 Å². The van der Waals surface area contributed by atoms with Crippen molar-refractivity contribution in [1.29, 1.82) is 0 Å². The number of hydrogen-bond acceptors (Lipinski definition) is 4. The van der Waals surface area contributed by atoms with Crippen LogP contribution in [0.4, 0.5) is 0 Å². The second-order valence-electron chi connectivity index (χ2n) is 6.46. The van der Waals surface area contributed by atoms with Crippen molar-refractivity contribution >= 4 is 11.3 Å². The van der Waals surface area contributed by atoms with Crippen molar-refractivity contribution in [1.82, 2.24) is 5.32 Å². The van der Waals surface area contributed by atoms with Crippen LogP contribution in [0.3, 0.4) is 0 Å². The summed E-state index contributed by atoms with van der Waals surface area (Å²) in [6.07, 6.45) is 4.79. The molecule has 1 heterocycles. The van der Waals surface area contributed by atoms with Crippen molar-refractivity contribution in [3.63, 3.8) is 0 Å². The fraction of sp³-hybridized carbons (Fsp3) is 0.765. The first-order valence-corrected chi connectivity index (χ1v) is 8.95. The zero-order valence-corrected chi connectivity index (χ0v) is 14.3. The summed E-state index contributed by atoms with van der Waals surface area (Å²) in [4.78, 5) is 2.65. The van der Waals surface area contributed by atoms with Gasteiger partial charge in [-0.05, 0) is 44.7 Å². The molecule has 1 aromatic heterocycles. The first-order valence-electron chi connectivity index (χ1n) is 8.14. The highest BCUT2D eigenvalue weighted by Gasteiger charge is 2.20. The molecule has 0 spiro atoms. The molecule has 2 rings (SSSR count). The van der Waals surface area contributed by atoms with E-state index in [2.05, 4.69) is 38.2 Å². The van der Waals surface area contributed by atoms with E-state index in [1.54, 1.807) is 0 Å². The van der Waals surface area contributed by atoms with Crippen molar-refractivity contribution in [2.45, 2.75) is 64.7 Å². The van der Waals surface area contributed by atoms with Gasteiger partial charge in [0.25, 0.3) is 0 Å². The van der Waals surface area contributed by atoms with Gasteiger partial charge < -0.3 is 15.2 Å². The fourth-order valence-electron chi connectivity index (χ4n) is 2.94. The maximum absolute atomic E-state index is 10.1. The van der Waals surface area contributed by atoms with E-state index < -0.39 is 6.10 Å². The number of nitrogens with one attached hydrogen (secondary N) is 1. The summed E-state index contributed by atoms with van der Waals surface area (Å²) in [6, 6.07) is 4.58. The third-order valence-electron chi connectivity index (χ3n) is 4.26. The smallest absolute Gasteiger partial charge is 0.0898 e. The van der Waals surface area contributed by atoms with E-state index in [0.29, 0.717) is 19.3 Å². The minimum Gasteiger partial charge on any atom is -0.389 e. The van der Waals surface area contributed by atoms with Crippen LogP contribution in [-0.4, -0.2) is 30.5 Å². The Bertz CT molecular complexity index is 421. The topological polar surface area (TPSA) is 41.5 Å². The van der Waals surface area contributed by atoms with Gasteiger partial charge in [-0.25, -0.2) is 0 Å². The Kier molecular flexibility index (Phi) is 6.68. The van der Waals surface area contributed by atoms with Crippen molar-refractivity contribution in [3.8, 4) is 0 Å². The lowest BCUT2D eigenvalue weighted by Crippen LogP contribution is -2.34. The van der Waals surface area contributed by atoms with E-state index in [0.717, 1.165) is 18.8 Å². The molecule has 2 N–H and O–H groups in total. The Labute approximate surface area is 132 Å². The zero-order valence-electron chi connectivity index (χ0n) is 13.5. The van der Waals surface area contributed by atoms with E-state index in [-0.39, 0.29) is 6.04 Å². The molecule has 0 saturated heterocycles. The number of rotatable bonds is 7. The van der Waals surface area contributed by atoms with Gasteiger partial charge in [0.1, 0.15) is 0 Å². The second kappa shape index (κ2) is 8.28. The predicted molar refractivity (Wildman–Crippen MR) is 88.9 cm³/mol. The first-order chi connectivity index (χ1) is 10.0. The number of ether oxygens (including phenoxy) is 1. The van der Waals surface area contributed by atoms with Gasteiger partial charge in [-0.1, -0.05) is 19.8 Å². The highest BCUT2D eigenvalue weighted by molar-refractivity contribution is 7.12. The molecule has 0 aliphatic heterocycles. The Hall–Kier alpha value is -0.420. The van der Waals surface area contributed by atoms with Crippen LogP contribution in [0.2, 0.25) is 0 Å². The molecule has 4 unspecified atom stereocenters. The quantitative estimate of drug-likeness (QED) is 0.807. The summed E-state index contributed by atoms with van der Waals surface area (Å²) in [7, 11) is 0. The van der Waals surface area contributed by atoms with Crippen LogP contribution in [-0.2, 0) is 4.74 Å². The Morgan fingerprint density at radius 1 is 1.43 bits per heavy atom. The van der Waals surface area contributed by atoms with Gasteiger partial charge in [0.2, 0.25) is 0 Å². The standard InChI is InChI=1S/C17H29NO2S/c1-12-5-4-6-16(9-12)20-11-15(19)10-18-14(3)17-8-7-13(2)21-17/h7-8,12,14-16,18-19H,4-6,9-11H2,1-3H3. The number of aliphatic hydroxyl groups excluding tert-OH is 1. The van der Waals surface area contributed by atoms with Crippen LogP contribution >= 0.6 is 11.3 Å². The molecule has 0 bridgehead atoms. The molecule has 4 atom stereocenters. The van der Waals surface area contributed by atoms with Crippen LogP contribution in [0.5, 0.6) is 0 Å². The van der Waals surface area contributed by atoms with Crippen molar-refractivity contribution in [2.75, 3.05) is 13.2 Å². The lowest BCUT2D eigenvalue weighted by Gasteiger charge is -2.27. The van der Waals surface area contributed by atoms with Gasteiger partial charge in [0.05, 0.1) is 18.8 Å². The molecule has 0 radical (unpaired) electrons. The van der Waals surface area contributed by atoms with Gasteiger partial charge >= 0.3 is 0 Å². The molecule has 1 aliphatic rings. The number of hydrogen-bond donors (Lipinski definition) is 2. The van der Waals surface area contributed by atoms with Crippen LogP contribution in [0, 0.1) is 12.8 Å². The predicted octanol–water partition coefficient (Wildman–Crippen LogP) is 3.66. The molecule has 21 heavy (non-hydrogen) atoms. The normalized spacial score (nSPS) is 25.7. The second-order valence-corrected chi connectivity index (χ2v) is 7.78. The van der Waals surface area contributed by atoms with Crippen molar-refractivity contribution in [3.05, 3.63) is 21.9 Å². The number of aryl methyl sites for hydroxylation is 1. The monoisotopic (exact) mass is 311 g/mol. The SMILES string of the molecule is Cc1ccc(C(C)NCC(O)COC2CCCC(C)C2)s1. The van der Waals surface area contributed by atoms with Gasteiger partial charge in [-0.2, -0.15) is 0 Å². The maximum Gasteiger partial charge on any atom is 0.0898 e. The summed E-state index contributed by atoms with van der Waals surface area (Å²) < 4.78 is 5.87. The summed E-state index contributed by atoms with van der Waals surface area (Å²) >= 11 is 1.81. The summed E-state index contributed by atoms with van der Waals surface area (Å²) in [5, 5.41) is 13.5. The van der Waals surface area contributed by atoms with Gasteiger partial charge in [0.15, 0.2) is 0 Å². The Morgan fingerprint density at radius 3 is 2.90 bits per heavy atom. The first kappa shape index (κ1) is 16.9. The summed E-state index contributed by atoms with van der Waals surface area (Å²) in [5.74, 6) is 0.765. The Morgan fingerprint density at radius 2 is 2.24 bits per heavy atom. The average Bonchev–Trinajstić information content (AvgIpc) is 2.89. The molecular weight excluding hydrogens is 282 g/mol. The molecule has 4 heteroatoms. The molecule has 0 aromatic carbocycles. The summed E-state index contributed by atoms with van der Waals surface area (Å²) in [5.41, 5.74) is 0. The summed E-state index contributed by atoms with van der Waals surface area (Å²) in [6.45, 7) is 7.58. The zero-order chi connectivity index (χ0) is 15.2. The average molecular weight is 311 g/mol. The molecule has 1 aliphatic carbocycles. The van der Waals surface area contributed by atoms with Crippen molar-refractivity contribution in [2.24, 2.45) is 5.92 Å². The van der Waals surface area contributed by atoms with Crippen molar-refractivity contribution < 1.29 is 9.84 Å². The third-order valence-corrected chi connectivity index (χ3v) is 5.44. The molecule has 1 aromatic rings. The van der Waals surface area contributed by atoms with E-state index in [4.69, 9.17) is 4.74 Å². The lowest BCUT2D eigenvalue weighted by atomic mass is 9.89. The fourth-order valence-corrected chi connectivity index (χ4v) is 3.84. The lowest BCUT2D eigenvalue weighted by molar-refractivity contribution is -0.0310. The van der Waals surface area contributed by atoms with Crippen LogP contribution in [0.15, 0.2) is 12.1 Å². The van der Waals surface area contributed by atoms with Gasteiger partial charge in [-0.3, -0.25) is 0 Å². The van der Waals surface area contributed by atoms with Gasteiger partial charge in [0, 0.05) is 22.3 Å². The Balaban J connectivity index is 1.64. The van der Waals surface area contributed by atoms with Crippen LogP contribution in [0.1, 0.15) is 55.3 Å². The minimum absolute atomic E-state index is 0.285. The van der Waals surface area contributed by atoms with Crippen LogP contribution in [0.25, 0.3) is 0 Å².